The first-order chi connectivity index (χ1) is 9.56. The Morgan fingerprint density at radius 1 is 1.35 bits per heavy atom. The second kappa shape index (κ2) is 7.06. The molecule has 2 N–H and O–H groups in total. The smallest absolute Gasteiger partial charge is 0.338 e. The van der Waals surface area contributed by atoms with Crippen LogP contribution in [0.1, 0.15) is 10.4 Å². The largest absolute Gasteiger partial charge is 0.461 e. The van der Waals surface area contributed by atoms with Crippen LogP contribution < -0.4 is 5.73 Å². The Bertz CT molecular complexity index is 473. The molecular weight excluding hydrogens is 322 g/mol. The highest BCUT2D eigenvalue weighted by atomic mass is 79.9. The third-order valence-corrected chi connectivity index (χ3v) is 4.19. The van der Waals surface area contributed by atoms with Gasteiger partial charge in [-0.2, -0.15) is 0 Å². The zero-order valence-electron chi connectivity index (χ0n) is 11.6. The summed E-state index contributed by atoms with van der Waals surface area (Å²) < 4.78 is 6.07. The molecule has 1 aromatic rings. The molecule has 5 nitrogen and oxygen atoms in total. The van der Waals surface area contributed by atoms with Crippen molar-refractivity contribution < 1.29 is 9.53 Å². The first kappa shape index (κ1) is 15.3. The fourth-order valence-corrected chi connectivity index (χ4v) is 2.34. The number of carbonyl (C=O) groups is 1. The quantitative estimate of drug-likeness (QED) is 0.663. The van der Waals surface area contributed by atoms with Crippen LogP contribution in [0.3, 0.4) is 0 Å². The van der Waals surface area contributed by atoms with Gasteiger partial charge in [-0.15, -0.1) is 0 Å². The minimum absolute atomic E-state index is 0.321. The van der Waals surface area contributed by atoms with E-state index in [1.165, 1.54) is 0 Å². The second-order valence-electron chi connectivity index (χ2n) is 5.02. The van der Waals surface area contributed by atoms with Crippen molar-refractivity contribution in [3.63, 3.8) is 0 Å². The molecule has 0 saturated carbocycles. The van der Waals surface area contributed by atoms with Gasteiger partial charge in [-0.05, 0) is 41.2 Å². The average Bonchev–Trinajstić information content (AvgIpc) is 2.44. The van der Waals surface area contributed by atoms with Crippen molar-refractivity contribution in [2.45, 2.75) is 0 Å². The predicted octanol–water partition coefficient (Wildman–Crippen LogP) is 1.44. The summed E-state index contributed by atoms with van der Waals surface area (Å²) in [7, 11) is 2.12. The maximum Gasteiger partial charge on any atom is 0.338 e. The van der Waals surface area contributed by atoms with E-state index in [0.717, 1.165) is 37.2 Å². The molecular formula is C14H20BrN3O2. The van der Waals surface area contributed by atoms with Gasteiger partial charge >= 0.3 is 5.97 Å². The Labute approximate surface area is 127 Å². The van der Waals surface area contributed by atoms with Crippen LogP contribution in [-0.2, 0) is 4.74 Å². The van der Waals surface area contributed by atoms with Crippen LogP contribution in [0.2, 0.25) is 0 Å². The summed E-state index contributed by atoms with van der Waals surface area (Å²) in [5.74, 6) is -0.321. The first-order valence-electron chi connectivity index (χ1n) is 6.69. The maximum absolute atomic E-state index is 11.9. The SMILES string of the molecule is CN1CCN(CCOC(=O)c2ccc(Br)c(N)c2)CC1. The molecule has 0 unspecified atom stereocenters. The number of rotatable bonds is 4. The van der Waals surface area contributed by atoms with E-state index in [0.29, 0.717) is 17.9 Å². The highest BCUT2D eigenvalue weighted by molar-refractivity contribution is 9.10. The molecule has 2 rings (SSSR count). The normalized spacial score (nSPS) is 17.1. The summed E-state index contributed by atoms with van der Waals surface area (Å²) >= 11 is 3.30. The van der Waals surface area contributed by atoms with Gasteiger partial charge in [0.15, 0.2) is 0 Å². The number of anilines is 1. The molecule has 1 saturated heterocycles. The Balaban J connectivity index is 1.76. The summed E-state index contributed by atoms with van der Waals surface area (Å²) in [6.07, 6.45) is 0. The first-order valence-corrected chi connectivity index (χ1v) is 7.48. The standard InChI is InChI=1S/C14H20BrN3O2/c1-17-4-6-18(7-5-17)8-9-20-14(19)11-2-3-12(15)13(16)10-11/h2-3,10H,4-9,16H2,1H3. The van der Waals surface area contributed by atoms with E-state index in [1.807, 2.05) is 0 Å². The van der Waals surface area contributed by atoms with Crippen LogP contribution in [0.25, 0.3) is 0 Å². The molecule has 0 amide bonds. The molecule has 0 spiro atoms. The molecule has 1 aliphatic heterocycles. The molecule has 0 bridgehead atoms. The van der Waals surface area contributed by atoms with Crippen LogP contribution in [0.5, 0.6) is 0 Å². The lowest BCUT2D eigenvalue weighted by molar-refractivity contribution is 0.0432. The van der Waals surface area contributed by atoms with Gasteiger partial charge < -0.3 is 15.4 Å². The summed E-state index contributed by atoms with van der Waals surface area (Å²) in [6.45, 7) is 5.39. The molecule has 110 valence electrons. The van der Waals surface area contributed by atoms with Crippen molar-refractivity contribution in [1.82, 2.24) is 9.80 Å². The number of hydrogen-bond acceptors (Lipinski definition) is 5. The topological polar surface area (TPSA) is 58.8 Å². The van der Waals surface area contributed by atoms with Gasteiger partial charge in [0.2, 0.25) is 0 Å². The molecule has 20 heavy (non-hydrogen) atoms. The number of piperazine rings is 1. The maximum atomic E-state index is 11.9. The van der Waals surface area contributed by atoms with Crippen LogP contribution in [0.15, 0.2) is 22.7 Å². The Morgan fingerprint density at radius 3 is 2.70 bits per heavy atom. The van der Waals surface area contributed by atoms with E-state index in [4.69, 9.17) is 10.5 Å². The average molecular weight is 342 g/mol. The van der Waals surface area contributed by atoms with E-state index in [-0.39, 0.29) is 5.97 Å². The van der Waals surface area contributed by atoms with Crippen LogP contribution in [0, 0.1) is 0 Å². The van der Waals surface area contributed by atoms with E-state index in [2.05, 4.69) is 32.8 Å². The molecule has 1 aromatic carbocycles. The Kier molecular flexibility index (Phi) is 5.39. The summed E-state index contributed by atoms with van der Waals surface area (Å²) in [6, 6.07) is 5.09. The molecule has 6 heteroatoms. The highest BCUT2D eigenvalue weighted by Gasteiger charge is 2.14. The highest BCUT2D eigenvalue weighted by Crippen LogP contribution is 2.20. The number of halogens is 1. The zero-order chi connectivity index (χ0) is 14.5. The van der Waals surface area contributed by atoms with E-state index in [1.54, 1.807) is 18.2 Å². The number of esters is 1. The summed E-state index contributed by atoms with van der Waals surface area (Å²) in [4.78, 5) is 16.5. The molecule has 1 aliphatic rings. The van der Waals surface area contributed by atoms with Crippen molar-refractivity contribution in [2.24, 2.45) is 0 Å². The number of ether oxygens (including phenoxy) is 1. The van der Waals surface area contributed by atoms with Gasteiger partial charge in [0.05, 0.1) is 5.56 Å². The molecule has 0 radical (unpaired) electrons. The minimum Gasteiger partial charge on any atom is -0.461 e. The number of carbonyl (C=O) groups excluding carboxylic acids is 1. The van der Waals surface area contributed by atoms with Crippen molar-refractivity contribution in [2.75, 3.05) is 52.1 Å². The monoisotopic (exact) mass is 341 g/mol. The lowest BCUT2D eigenvalue weighted by Gasteiger charge is -2.32. The van der Waals surface area contributed by atoms with Crippen LogP contribution >= 0.6 is 15.9 Å². The zero-order valence-corrected chi connectivity index (χ0v) is 13.2. The van der Waals surface area contributed by atoms with Crippen molar-refractivity contribution >= 4 is 27.6 Å². The number of nitrogen functional groups attached to an aromatic ring is 1. The van der Waals surface area contributed by atoms with E-state index < -0.39 is 0 Å². The molecule has 0 aromatic heterocycles. The van der Waals surface area contributed by atoms with Gasteiger partial charge in [0.1, 0.15) is 6.61 Å². The van der Waals surface area contributed by atoms with E-state index in [9.17, 15) is 4.79 Å². The number of nitrogens with two attached hydrogens (primary N) is 1. The fraction of sp³-hybridized carbons (Fsp3) is 0.500. The van der Waals surface area contributed by atoms with Crippen molar-refractivity contribution in [3.05, 3.63) is 28.2 Å². The van der Waals surface area contributed by atoms with Crippen LogP contribution in [-0.4, -0.2) is 62.1 Å². The second-order valence-corrected chi connectivity index (χ2v) is 5.87. The number of hydrogen-bond donors (Lipinski definition) is 1. The van der Waals surface area contributed by atoms with Crippen molar-refractivity contribution in [3.8, 4) is 0 Å². The van der Waals surface area contributed by atoms with Gasteiger partial charge in [0.25, 0.3) is 0 Å². The minimum atomic E-state index is -0.321. The summed E-state index contributed by atoms with van der Waals surface area (Å²) in [5, 5.41) is 0. The number of benzene rings is 1. The molecule has 1 heterocycles. The Morgan fingerprint density at radius 2 is 2.05 bits per heavy atom. The molecule has 1 fully saturated rings. The fourth-order valence-electron chi connectivity index (χ4n) is 2.09. The van der Waals surface area contributed by atoms with Gasteiger partial charge in [0, 0.05) is 42.9 Å². The molecule has 0 aliphatic carbocycles. The van der Waals surface area contributed by atoms with Gasteiger partial charge in [-0.1, -0.05) is 0 Å². The lowest BCUT2D eigenvalue weighted by atomic mass is 10.2. The Hall–Kier alpha value is -1.11. The van der Waals surface area contributed by atoms with Gasteiger partial charge in [-0.3, -0.25) is 4.90 Å². The molecule has 0 atom stereocenters. The van der Waals surface area contributed by atoms with Crippen molar-refractivity contribution in [1.29, 1.82) is 0 Å². The van der Waals surface area contributed by atoms with Gasteiger partial charge in [-0.25, -0.2) is 4.79 Å². The van der Waals surface area contributed by atoms with Crippen LogP contribution in [0.4, 0.5) is 5.69 Å². The number of nitrogens with zero attached hydrogens (tertiary/aromatic N) is 2. The number of likely N-dealkylation sites (N-methyl/N-ethyl adjacent to an activating group) is 1. The summed E-state index contributed by atoms with van der Waals surface area (Å²) in [5.41, 5.74) is 6.78. The third-order valence-electron chi connectivity index (χ3n) is 3.47. The predicted molar refractivity (Wildman–Crippen MR) is 82.8 cm³/mol. The lowest BCUT2D eigenvalue weighted by Crippen LogP contribution is -2.45. The van der Waals surface area contributed by atoms with E-state index >= 15 is 0 Å². The third kappa shape index (κ3) is 4.19.